The number of piperazine rings is 1. The Morgan fingerprint density at radius 3 is 2.94 bits per heavy atom. The van der Waals surface area contributed by atoms with Gasteiger partial charge in [0.05, 0.1) is 0 Å². The van der Waals surface area contributed by atoms with Gasteiger partial charge in [0, 0.05) is 52.9 Å². The lowest BCUT2D eigenvalue weighted by Gasteiger charge is -2.41. The van der Waals surface area contributed by atoms with E-state index in [0.29, 0.717) is 12.1 Å². The highest BCUT2D eigenvalue weighted by atomic mass is 79.9. The summed E-state index contributed by atoms with van der Waals surface area (Å²) in [6.07, 6.45) is 0.982. The van der Waals surface area contributed by atoms with Gasteiger partial charge in [-0.25, -0.2) is 0 Å². The van der Waals surface area contributed by atoms with Crippen LogP contribution in [0.25, 0.3) is 0 Å². The molecule has 2 heterocycles. The van der Waals surface area contributed by atoms with Crippen LogP contribution in [0.4, 0.5) is 0 Å². The largest absolute Gasteiger partial charge is 0.303 e. The number of nitrogens with two attached hydrogens (primary N) is 1. The Balaban J connectivity index is 2.02. The summed E-state index contributed by atoms with van der Waals surface area (Å²) in [6, 6.07) is 2.94. The molecule has 1 fully saturated rings. The van der Waals surface area contributed by atoms with Gasteiger partial charge in [-0.05, 0) is 36.1 Å². The number of hydrazine groups is 1. The van der Waals surface area contributed by atoms with Crippen LogP contribution in [0.5, 0.6) is 0 Å². The maximum Gasteiger partial charge on any atom is 0.0426 e. The molecule has 0 radical (unpaired) electrons. The third-order valence-electron chi connectivity index (χ3n) is 3.62. The van der Waals surface area contributed by atoms with E-state index in [0.717, 1.165) is 30.5 Å². The second kappa shape index (κ2) is 6.45. The molecule has 1 aliphatic rings. The summed E-state index contributed by atoms with van der Waals surface area (Å²) in [6.45, 7) is 3.31. The molecular formula is C12H21BrN4S. The Kier molecular flexibility index (Phi) is 5.17. The zero-order chi connectivity index (χ0) is 13.1. The molecule has 1 aliphatic heterocycles. The summed E-state index contributed by atoms with van der Waals surface area (Å²) in [4.78, 5) is 6.15. The van der Waals surface area contributed by atoms with Crippen molar-refractivity contribution in [1.29, 1.82) is 0 Å². The zero-order valence-electron chi connectivity index (χ0n) is 10.9. The van der Waals surface area contributed by atoms with Gasteiger partial charge in [0.2, 0.25) is 0 Å². The Morgan fingerprint density at radius 2 is 2.33 bits per heavy atom. The van der Waals surface area contributed by atoms with E-state index >= 15 is 0 Å². The second-order valence-electron chi connectivity index (χ2n) is 5.02. The van der Waals surface area contributed by atoms with Gasteiger partial charge in [0.1, 0.15) is 0 Å². The normalized spacial score (nSPS) is 24.3. The van der Waals surface area contributed by atoms with Crippen molar-refractivity contribution in [1.82, 2.24) is 15.2 Å². The van der Waals surface area contributed by atoms with Gasteiger partial charge in [-0.1, -0.05) is 0 Å². The SMILES string of the molecule is CN1CCN(C)C(C(Cc2cc(Br)cs2)NN)C1. The van der Waals surface area contributed by atoms with Crippen LogP contribution in [0.1, 0.15) is 4.88 Å². The number of likely N-dealkylation sites (N-methyl/N-ethyl adjacent to an activating group) is 2. The molecule has 0 amide bonds. The van der Waals surface area contributed by atoms with Crippen molar-refractivity contribution in [3.05, 3.63) is 20.8 Å². The fourth-order valence-corrected chi connectivity index (χ4v) is 3.97. The van der Waals surface area contributed by atoms with Gasteiger partial charge in [0.25, 0.3) is 0 Å². The summed E-state index contributed by atoms with van der Waals surface area (Å²) in [5, 5.41) is 2.12. The lowest BCUT2D eigenvalue weighted by molar-refractivity contribution is 0.0879. The lowest BCUT2D eigenvalue weighted by Crippen LogP contribution is -2.60. The molecule has 3 N–H and O–H groups in total. The van der Waals surface area contributed by atoms with Crippen LogP contribution in [0.2, 0.25) is 0 Å². The maximum absolute atomic E-state index is 5.76. The number of rotatable bonds is 4. The quantitative estimate of drug-likeness (QED) is 0.641. The molecule has 1 aromatic rings. The number of hydrogen-bond donors (Lipinski definition) is 2. The molecule has 18 heavy (non-hydrogen) atoms. The zero-order valence-corrected chi connectivity index (χ0v) is 13.3. The first-order valence-electron chi connectivity index (χ1n) is 6.18. The van der Waals surface area contributed by atoms with E-state index in [4.69, 9.17) is 5.84 Å². The van der Waals surface area contributed by atoms with Crippen LogP contribution in [0.15, 0.2) is 15.9 Å². The summed E-state index contributed by atoms with van der Waals surface area (Å²) in [5.74, 6) is 5.76. The standard InChI is InChI=1S/C12H21BrN4S/c1-16-3-4-17(2)12(7-16)11(15-14)6-10-5-9(13)8-18-10/h5,8,11-12,15H,3-4,6-7,14H2,1-2H3. The molecule has 2 unspecified atom stereocenters. The Bertz CT molecular complexity index is 384. The Morgan fingerprint density at radius 1 is 1.56 bits per heavy atom. The van der Waals surface area contributed by atoms with E-state index in [1.165, 1.54) is 4.88 Å². The average Bonchev–Trinajstić information content (AvgIpc) is 2.75. The maximum atomic E-state index is 5.76. The van der Waals surface area contributed by atoms with E-state index in [9.17, 15) is 0 Å². The number of halogens is 1. The van der Waals surface area contributed by atoms with Gasteiger partial charge in [0.15, 0.2) is 0 Å². The molecule has 1 saturated heterocycles. The summed E-state index contributed by atoms with van der Waals surface area (Å²) < 4.78 is 1.16. The third kappa shape index (κ3) is 3.53. The van der Waals surface area contributed by atoms with Gasteiger partial charge >= 0.3 is 0 Å². The predicted molar refractivity (Wildman–Crippen MR) is 80.7 cm³/mol. The van der Waals surface area contributed by atoms with E-state index in [-0.39, 0.29) is 0 Å². The first kappa shape index (κ1) is 14.4. The predicted octanol–water partition coefficient (Wildman–Crippen LogP) is 1.13. The molecule has 0 aliphatic carbocycles. The number of hydrogen-bond acceptors (Lipinski definition) is 5. The molecule has 2 atom stereocenters. The molecule has 0 aromatic carbocycles. The molecule has 0 bridgehead atoms. The topological polar surface area (TPSA) is 44.5 Å². The fraction of sp³-hybridized carbons (Fsp3) is 0.667. The van der Waals surface area contributed by atoms with Crippen LogP contribution >= 0.6 is 27.3 Å². The molecular weight excluding hydrogens is 312 g/mol. The van der Waals surface area contributed by atoms with Gasteiger partial charge in [-0.2, -0.15) is 0 Å². The van der Waals surface area contributed by atoms with Crippen molar-refractivity contribution in [2.45, 2.75) is 18.5 Å². The molecule has 0 spiro atoms. The Hall–Kier alpha value is 0.0200. The Labute approximate surface area is 121 Å². The highest BCUT2D eigenvalue weighted by molar-refractivity contribution is 9.10. The molecule has 1 aromatic heterocycles. The monoisotopic (exact) mass is 332 g/mol. The highest BCUT2D eigenvalue weighted by Crippen LogP contribution is 2.22. The van der Waals surface area contributed by atoms with Gasteiger partial charge in [-0.15, -0.1) is 11.3 Å². The molecule has 2 rings (SSSR count). The number of nitrogens with one attached hydrogen (secondary N) is 1. The molecule has 0 saturated carbocycles. The van der Waals surface area contributed by atoms with Crippen molar-refractivity contribution in [2.75, 3.05) is 33.7 Å². The van der Waals surface area contributed by atoms with Crippen LogP contribution < -0.4 is 11.3 Å². The third-order valence-corrected chi connectivity index (χ3v) is 5.34. The minimum atomic E-state index is 0.295. The van der Waals surface area contributed by atoms with E-state index in [2.05, 4.69) is 56.7 Å². The van der Waals surface area contributed by atoms with Crippen LogP contribution in [-0.4, -0.2) is 55.6 Å². The van der Waals surface area contributed by atoms with E-state index in [1.54, 1.807) is 11.3 Å². The van der Waals surface area contributed by atoms with E-state index in [1.807, 2.05) is 0 Å². The van der Waals surface area contributed by atoms with Gasteiger partial charge in [-0.3, -0.25) is 16.2 Å². The lowest BCUT2D eigenvalue weighted by atomic mass is 10.0. The first-order valence-corrected chi connectivity index (χ1v) is 7.85. The molecule has 4 nitrogen and oxygen atoms in total. The van der Waals surface area contributed by atoms with Crippen molar-refractivity contribution in [2.24, 2.45) is 5.84 Å². The smallest absolute Gasteiger partial charge is 0.0426 e. The minimum Gasteiger partial charge on any atom is -0.303 e. The fourth-order valence-electron chi connectivity index (χ4n) is 2.46. The highest BCUT2D eigenvalue weighted by Gasteiger charge is 2.29. The van der Waals surface area contributed by atoms with Crippen molar-refractivity contribution < 1.29 is 0 Å². The molecule has 6 heteroatoms. The van der Waals surface area contributed by atoms with Crippen LogP contribution in [0.3, 0.4) is 0 Å². The average molecular weight is 333 g/mol. The first-order chi connectivity index (χ1) is 8.60. The number of nitrogens with zero attached hydrogens (tertiary/aromatic N) is 2. The summed E-state index contributed by atoms with van der Waals surface area (Å²) in [7, 11) is 4.36. The molecule has 102 valence electrons. The second-order valence-corrected chi connectivity index (χ2v) is 6.93. The van der Waals surface area contributed by atoms with E-state index < -0.39 is 0 Å². The van der Waals surface area contributed by atoms with Crippen molar-refractivity contribution >= 4 is 27.3 Å². The van der Waals surface area contributed by atoms with Crippen molar-refractivity contribution in [3.8, 4) is 0 Å². The minimum absolute atomic E-state index is 0.295. The summed E-state index contributed by atoms with van der Waals surface area (Å²) in [5.41, 5.74) is 3.00. The van der Waals surface area contributed by atoms with Crippen molar-refractivity contribution in [3.63, 3.8) is 0 Å². The van der Waals surface area contributed by atoms with Crippen LogP contribution in [0, 0.1) is 0 Å². The summed E-state index contributed by atoms with van der Waals surface area (Å²) >= 11 is 5.29. The number of thiophene rings is 1. The van der Waals surface area contributed by atoms with Gasteiger partial charge < -0.3 is 4.90 Å². The van der Waals surface area contributed by atoms with Crippen LogP contribution in [-0.2, 0) is 6.42 Å².